The highest BCUT2D eigenvalue weighted by Gasteiger charge is 2.12. The monoisotopic (exact) mass is 282 g/mol. The Hall–Kier alpha value is -0.520. The molecule has 0 saturated heterocycles. The van der Waals surface area contributed by atoms with E-state index < -0.39 is 0 Å². The average Bonchev–Trinajstić information content (AvgIpc) is 2.09. The molecular weight excluding hydrogens is 274 g/mol. The van der Waals surface area contributed by atoms with E-state index in [-0.39, 0.29) is 11.6 Å². The average molecular weight is 282 g/mol. The highest BCUT2D eigenvalue weighted by atomic mass is 127. The van der Waals surface area contributed by atoms with Crippen LogP contribution in [0.3, 0.4) is 0 Å². The molecule has 0 N–H and O–H groups in total. The fourth-order valence-corrected chi connectivity index (χ4v) is 1.29. The molecule has 0 bridgehead atoms. The van der Waals surface area contributed by atoms with Gasteiger partial charge in [0, 0.05) is 0 Å². The lowest BCUT2D eigenvalue weighted by atomic mass is 10.3. The minimum atomic E-state index is -0.377. The smallest absolute Gasteiger partial charge is 0.197 e. The van der Waals surface area contributed by atoms with Crippen LogP contribution in [-0.4, -0.2) is 14.2 Å². The Bertz CT molecular complexity index is 289. The van der Waals surface area contributed by atoms with Gasteiger partial charge in [0.05, 0.1) is 17.8 Å². The Morgan fingerprint density at radius 1 is 1.25 bits per heavy atom. The predicted molar refractivity (Wildman–Crippen MR) is 52.2 cm³/mol. The summed E-state index contributed by atoms with van der Waals surface area (Å²) in [6.45, 7) is 0. The molecule has 0 heterocycles. The molecule has 12 heavy (non-hydrogen) atoms. The van der Waals surface area contributed by atoms with Gasteiger partial charge in [-0.3, -0.25) is 0 Å². The van der Waals surface area contributed by atoms with Crippen LogP contribution in [-0.2, 0) is 0 Å². The third-order valence-electron chi connectivity index (χ3n) is 1.44. The molecule has 0 aliphatic carbocycles. The maximum atomic E-state index is 13.2. The quantitative estimate of drug-likeness (QED) is 0.776. The van der Waals surface area contributed by atoms with Crippen molar-refractivity contribution in [3.05, 3.63) is 21.5 Å². The highest BCUT2D eigenvalue weighted by Crippen LogP contribution is 2.32. The van der Waals surface area contributed by atoms with E-state index >= 15 is 0 Å². The standard InChI is InChI=1S/C8H8FIO2/c1-11-6-4-3-5(10)7(9)8(6)12-2/h3-4H,1-2H3. The Kier molecular flexibility index (Phi) is 3.13. The summed E-state index contributed by atoms with van der Waals surface area (Å²) in [6.07, 6.45) is 0. The van der Waals surface area contributed by atoms with Crippen molar-refractivity contribution in [2.24, 2.45) is 0 Å². The van der Waals surface area contributed by atoms with E-state index in [1.165, 1.54) is 14.2 Å². The first kappa shape index (κ1) is 9.57. The minimum Gasteiger partial charge on any atom is -0.493 e. The van der Waals surface area contributed by atoms with Gasteiger partial charge in [0.1, 0.15) is 0 Å². The van der Waals surface area contributed by atoms with Crippen molar-refractivity contribution in [1.82, 2.24) is 0 Å². The zero-order chi connectivity index (χ0) is 9.14. The fraction of sp³-hybridized carbons (Fsp3) is 0.250. The summed E-state index contributed by atoms with van der Waals surface area (Å²) in [7, 11) is 2.89. The predicted octanol–water partition coefficient (Wildman–Crippen LogP) is 2.45. The van der Waals surface area contributed by atoms with Gasteiger partial charge in [-0.2, -0.15) is 0 Å². The molecule has 0 aliphatic heterocycles. The normalized spacial score (nSPS) is 9.67. The van der Waals surface area contributed by atoms with Crippen LogP contribution >= 0.6 is 22.6 Å². The molecule has 0 fully saturated rings. The van der Waals surface area contributed by atoms with Crippen molar-refractivity contribution >= 4 is 22.6 Å². The molecule has 0 aliphatic rings. The molecule has 1 aromatic carbocycles. The van der Waals surface area contributed by atoms with Crippen LogP contribution in [0.25, 0.3) is 0 Å². The van der Waals surface area contributed by atoms with Gasteiger partial charge in [-0.25, -0.2) is 4.39 Å². The molecular formula is C8H8FIO2. The topological polar surface area (TPSA) is 18.5 Å². The molecule has 2 nitrogen and oxygen atoms in total. The summed E-state index contributed by atoms with van der Waals surface area (Å²) in [5.74, 6) is 0.192. The lowest BCUT2D eigenvalue weighted by Crippen LogP contribution is -1.95. The van der Waals surface area contributed by atoms with Crippen LogP contribution in [0.15, 0.2) is 12.1 Å². The second kappa shape index (κ2) is 3.93. The van der Waals surface area contributed by atoms with Crippen LogP contribution in [0.4, 0.5) is 4.39 Å². The zero-order valence-corrected chi connectivity index (χ0v) is 8.88. The SMILES string of the molecule is COc1ccc(I)c(F)c1OC. The second-order valence-corrected chi connectivity index (χ2v) is 3.26. The molecule has 0 radical (unpaired) electrons. The van der Waals surface area contributed by atoms with Crippen LogP contribution in [0, 0.1) is 9.39 Å². The summed E-state index contributed by atoms with van der Waals surface area (Å²) in [5.41, 5.74) is 0. The molecule has 0 unspecified atom stereocenters. The van der Waals surface area contributed by atoms with Crippen LogP contribution in [0.1, 0.15) is 0 Å². The number of hydrogen-bond acceptors (Lipinski definition) is 2. The minimum absolute atomic E-state index is 0.157. The van der Waals surface area contributed by atoms with Crippen LogP contribution in [0.2, 0.25) is 0 Å². The van der Waals surface area contributed by atoms with Crippen molar-refractivity contribution in [2.45, 2.75) is 0 Å². The second-order valence-electron chi connectivity index (χ2n) is 2.10. The first-order valence-electron chi connectivity index (χ1n) is 3.26. The van der Waals surface area contributed by atoms with Gasteiger partial charge in [-0.1, -0.05) is 0 Å². The zero-order valence-electron chi connectivity index (χ0n) is 6.73. The number of ether oxygens (including phenoxy) is 2. The van der Waals surface area contributed by atoms with Crippen LogP contribution in [0.5, 0.6) is 11.5 Å². The first-order chi connectivity index (χ1) is 5.70. The van der Waals surface area contributed by atoms with E-state index in [0.29, 0.717) is 9.32 Å². The highest BCUT2D eigenvalue weighted by molar-refractivity contribution is 14.1. The lowest BCUT2D eigenvalue weighted by Gasteiger charge is -2.08. The van der Waals surface area contributed by atoms with Gasteiger partial charge in [0.2, 0.25) is 0 Å². The molecule has 1 rings (SSSR count). The third kappa shape index (κ3) is 1.63. The summed E-state index contributed by atoms with van der Waals surface area (Å²) in [5, 5.41) is 0. The maximum Gasteiger partial charge on any atom is 0.197 e. The van der Waals surface area contributed by atoms with Gasteiger partial charge in [0.15, 0.2) is 17.3 Å². The van der Waals surface area contributed by atoms with E-state index in [1.807, 2.05) is 22.6 Å². The van der Waals surface area contributed by atoms with E-state index in [1.54, 1.807) is 12.1 Å². The van der Waals surface area contributed by atoms with Gasteiger partial charge in [0.25, 0.3) is 0 Å². The molecule has 4 heteroatoms. The van der Waals surface area contributed by atoms with E-state index in [4.69, 9.17) is 9.47 Å². The Balaban J connectivity index is 3.25. The van der Waals surface area contributed by atoms with E-state index in [2.05, 4.69) is 0 Å². The first-order valence-corrected chi connectivity index (χ1v) is 4.34. The largest absolute Gasteiger partial charge is 0.493 e. The Morgan fingerprint density at radius 3 is 2.42 bits per heavy atom. The number of rotatable bonds is 2. The van der Waals surface area contributed by atoms with Gasteiger partial charge in [-0.15, -0.1) is 0 Å². The van der Waals surface area contributed by atoms with Gasteiger partial charge in [-0.05, 0) is 34.7 Å². The van der Waals surface area contributed by atoms with Gasteiger partial charge >= 0.3 is 0 Å². The molecule has 0 atom stereocenters. The third-order valence-corrected chi connectivity index (χ3v) is 2.27. The van der Waals surface area contributed by atoms with Crippen molar-refractivity contribution in [3.8, 4) is 11.5 Å². The summed E-state index contributed by atoms with van der Waals surface area (Å²) in [4.78, 5) is 0. The fourth-order valence-electron chi connectivity index (χ4n) is 0.865. The molecule has 0 aromatic heterocycles. The molecule has 0 amide bonds. The summed E-state index contributed by atoms with van der Waals surface area (Å²) < 4.78 is 23.5. The molecule has 0 spiro atoms. The lowest BCUT2D eigenvalue weighted by molar-refractivity contribution is 0.336. The Morgan fingerprint density at radius 2 is 1.92 bits per heavy atom. The van der Waals surface area contributed by atoms with E-state index in [0.717, 1.165) is 0 Å². The number of halogens is 2. The van der Waals surface area contributed by atoms with Gasteiger partial charge < -0.3 is 9.47 Å². The number of hydrogen-bond donors (Lipinski definition) is 0. The maximum absolute atomic E-state index is 13.2. The number of benzene rings is 1. The van der Waals surface area contributed by atoms with Crippen molar-refractivity contribution in [1.29, 1.82) is 0 Å². The van der Waals surface area contributed by atoms with Crippen LogP contribution < -0.4 is 9.47 Å². The van der Waals surface area contributed by atoms with Crippen molar-refractivity contribution in [2.75, 3.05) is 14.2 Å². The Labute approximate surface area is 83.8 Å². The van der Waals surface area contributed by atoms with Crippen molar-refractivity contribution < 1.29 is 13.9 Å². The van der Waals surface area contributed by atoms with Crippen molar-refractivity contribution in [3.63, 3.8) is 0 Å². The molecule has 0 saturated carbocycles. The van der Waals surface area contributed by atoms with E-state index in [9.17, 15) is 4.39 Å². The molecule has 66 valence electrons. The summed E-state index contributed by atoms with van der Waals surface area (Å²) in [6, 6.07) is 3.31. The molecule has 1 aromatic rings. The summed E-state index contributed by atoms with van der Waals surface area (Å²) >= 11 is 1.90. The number of methoxy groups -OCH3 is 2.